The second-order valence-electron chi connectivity index (χ2n) is 4.63. The molecule has 22 heavy (non-hydrogen) atoms. The molecule has 0 saturated heterocycles. The van der Waals surface area contributed by atoms with Crippen LogP contribution in [-0.4, -0.2) is 11.8 Å². The molecular weight excluding hydrogens is 304 g/mol. The first-order valence-electron chi connectivity index (χ1n) is 6.44. The van der Waals surface area contributed by atoms with Gasteiger partial charge in [-0.05, 0) is 30.3 Å². The Morgan fingerprint density at radius 2 is 1.86 bits per heavy atom. The van der Waals surface area contributed by atoms with Gasteiger partial charge < -0.3 is 15.5 Å². The average molecular weight is 315 g/mol. The number of nitrogens with two attached hydrogens (primary N) is 1. The summed E-state index contributed by atoms with van der Waals surface area (Å²) in [7, 11) is 0. The molecule has 2 amide bonds. The van der Waals surface area contributed by atoms with Crippen molar-refractivity contribution in [3.8, 4) is 0 Å². The third-order valence-electron chi connectivity index (χ3n) is 3.14. The highest BCUT2D eigenvalue weighted by atomic mass is 35.5. The van der Waals surface area contributed by atoms with Crippen molar-refractivity contribution < 1.29 is 14.0 Å². The zero-order valence-corrected chi connectivity index (χ0v) is 12.1. The lowest BCUT2D eigenvalue weighted by molar-refractivity contribution is 0.0977. The third-order valence-corrected chi connectivity index (χ3v) is 3.38. The van der Waals surface area contributed by atoms with E-state index in [1.807, 2.05) is 0 Å². The Kier molecular flexibility index (Phi) is 3.56. The molecule has 0 spiro atoms. The molecule has 0 atom stereocenters. The number of rotatable bonds is 3. The summed E-state index contributed by atoms with van der Waals surface area (Å²) in [6, 6.07) is 13.4. The molecule has 0 bridgehead atoms. The number of hydrogen-bond acceptors (Lipinski definition) is 3. The van der Waals surface area contributed by atoms with Gasteiger partial charge in [-0.25, -0.2) is 0 Å². The summed E-state index contributed by atoms with van der Waals surface area (Å²) in [5.41, 5.74) is 6.41. The van der Waals surface area contributed by atoms with Crippen LogP contribution in [0.4, 0.5) is 5.69 Å². The second-order valence-corrected chi connectivity index (χ2v) is 5.07. The van der Waals surface area contributed by atoms with Gasteiger partial charge in [0.15, 0.2) is 0 Å². The van der Waals surface area contributed by atoms with Gasteiger partial charge in [-0.1, -0.05) is 29.8 Å². The molecule has 0 aliphatic heterocycles. The minimum Gasteiger partial charge on any atom is -0.449 e. The maximum atomic E-state index is 12.3. The van der Waals surface area contributed by atoms with E-state index in [9.17, 15) is 9.59 Å². The maximum Gasteiger partial charge on any atom is 0.286 e. The summed E-state index contributed by atoms with van der Waals surface area (Å²) < 4.78 is 5.41. The van der Waals surface area contributed by atoms with Crippen LogP contribution in [0, 0.1) is 0 Å². The molecule has 1 heterocycles. The lowest BCUT2D eigenvalue weighted by Gasteiger charge is -2.05. The number of carbonyl (C=O) groups is 2. The van der Waals surface area contributed by atoms with Crippen LogP contribution in [-0.2, 0) is 0 Å². The number of furan rings is 1. The standard InChI is InChI=1S/C16H11ClN2O3/c17-10-5-3-4-9(8-10)16(21)19-13-11-6-1-2-7-12(11)22-14(13)15(18)20/h1-8H,(H2,18,20)(H,19,21). The van der Waals surface area contributed by atoms with Crippen LogP contribution in [0.5, 0.6) is 0 Å². The highest BCUT2D eigenvalue weighted by molar-refractivity contribution is 6.31. The monoisotopic (exact) mass is 314 g/mol. The lowest BCUT2D eigenvalue weighted by Crippen LogP contribution is -2.17. The molecule has 0 unspecified atom stereocenters. The molecule has 0 aliphatic carbocycles. The van der Waals surface area contributed by atoms with Gasteiger partial charge in [0.25, 0.3) is 11.8 Å². The van der Waals surface area contributed by atoms with Crippen molar-refractivity contribution in [2.75, 3.05) is 5.32 Å². The molecule has 3 aromatic rings. The van der Waals surface area contributed by atoms with Crippen molar-refractivity contribution in [1.29, 1.82) is 0 Å². The van der Waals surface area contributed by atoms with Crippen molar-refractivity contribution in [1.82, 2.24) is 0 Å². The zero-order chi connectivity index (χ0) is 15.7. The third kappa shape index (κ3) is 2.54. The van der Waals surface area contributed by atoms with Crippen LogP contribution in [0.25, 0.3) is 11.0 Å². The Balaban J connectivity index is 2.04. The number of nitrogens with one attached hydrogen (secondary N) is 1. The second kappa shape index (κ2) is 5.54. The van der Waals surface area contributed by atoms with Crippen molar-refractivity contribution in [2.24, 2.45) is 5.73 Å². The summed E-state index contributed by atoms with van der Waals surface area (Å²) >= 11 is 5.87. The first-order valence-corrected chi connectivity index (χ1v) is 6.82. The zero-order valence-electron chi connectivity index (χ0n) is 11.3. The lowest BCUT2D eigenvalue weighted by atomic mass is 10.2. The SMILES string of the molecule is NC(=O)c1oc2ccccc2c1NC(=O)c1cccc(Cl)c1. The summed E-state index contributed by atoms with van der Waals surface area (Å²) in [5.74, 6) is -1.24. The number of benzene rings is 2. The van der Waals surface area contributed by atoms with E-state index in [-0.39, 0.29) is 11.4 Å². The van der Waals surface area contributed by atoms with Crippen LogP contribution in [0.3, 0.4) is 0 Å². The van der Waals surface area contributed by atoms with E-state index in [0.29, 0.717) is 21.6 Å². The predicted molar refractivity (Wildman–Crippen MR) is 84.1 cm³/mol. The highest BCUT2D eigenvalue weighted by Gasteiger charge is 2.20. The first-order chi connectivity index (χ1) is 10.6. The van der Waals surface area contributed by atoms with Crippen LogP contribution in [0.1, 0.15) is 20.9 Å². The smallest absolute Gasteiger partial charge is 0.286 e. The number of halogens is 1. The predicted octanol–water partition coefficient (Wildman–Crippen LogP) is 3.44. The van der Waals surface area contributed by atoms with Gasteiger partial charge >= 0.3 is 0 Å². The Labute approximate surface area is 130 Å². The summed E-state index contributed by atoms with van der Waals surface area (Å²) in [6.07, 6.45) is 0. The molecule has 0 radical (unpaired) electrons. The van der Waals surface area contributed by atoms with E-state index in [2.05, 4.69) is 5.32 Å². The Hall–Kier alpha value is -2.79. The summed E-state index contributed by atoms with van der Waals surface area (Å²) in [6.45, 7) is 0. The fourth-order valence-corrected chi connectivity index (χ4v) is 2.35. The van der Waals surface area contributed by atoms with Gasteiger partial charge in [-0.2, -0.15) is 0 Å². The fourth-order valence-electron chi connectivity index (χ4n) is 2.16. The van der Waals surface area contributed by atoms with Gasteiger partial charge in [0.1, 0.15) is 11.3 Å². The molecule has 0 aliphatic rings. The summed E-state index contributed by atoms with van der Waals surface area (Å²) in [4.78, 5) is 23.8. The quantitative estimate of drug-likeness (QED) is 0.776. The average Bonchev–Trinajstić information content (AvgIpc) is 2.86. The molecule has 2 aromatic carbocycles. The number of anilines is 1. The fraction of sp³-hybridized carbons (Fsp3) is 0. The maximum absolute atomic E-state index is 12.3. The van der Waals surface area contributed by atoms with Crippen LogP contribution < -0.4 is 11.1 Å². The van der Waals surface area contributed by atoms with E-state index in [1.54, 1.807) is 42.5 Å². The van der Waals surface area contributed by atoms with E-state index < -0.39 is 11.8 Å². The summed E-state index contributed by atoms with van der Waals surface area (Å²) in [5, 5.41) is 3.71. The van der Waals surface area contributed by atoms with E-state index in [4.69, 9.17) is 21.8 Å². The van der Waals surface area contributed by atoms with Gasteiger partial charge in [-0.3, -0.25) is 9.59 Å². The molecular formula is C16H11ClN2O3. The van der Waals surface area contributed by atoms with Crippen LogP contribution in [0.2, 0.25) is 5.02 Å². The van der Waals surface area contributed by atoms with Crippen molar-refractivity contribution >= 4 is 40.1 Å². The molecule has 0 saturated carbocycles. The molecule has 6 heteroatoms. The Morgan fingerprint density at radius 1 is 1.09 bits per heavy atom. The number of para-hydroxylation sites is 1. The topological polar surface area (TPSA) is 85.3 Å². The number of hydrogen-bond donors (Lipinski definition) is 2. The number of amides is 2. The molecule has 110 valence electrons. The van der Waals surface area contributed by atoms with Crippen LogP contribution in [0.15, 0.2) is 52.9 Å². The number of carbonyl (C=O) groups excluding carboxylic acids is 2. The van der Waals surface area contributed by atoms with Crippen molar-refractivity contribution in [2.45, 2.75) is 0 Å². The van der Waals surface area contributed by atoms with Crippen LogP contribution >= 0.6 is 11.6 Å². The molecule has 3 rings (SSSR count). The molecule has 3 N–H and O–H groups in total. The van der Waals surface area contributed by atoms with Crippen molar-refractivity contribution in [3.05, 3.63) is 64.9 Å². The molecule has 0 fully saturated rings. The van der Waals surface area contributed by atoms with Gasteiger partial charge in [0.05, 0.1) is 0 Å². The van der Waals surface area contributed by atoms with E-state index in [1.165, 1.54) is 6.07 Å². The molecule has 5 nitrogen and oxygen atoms in total. The number of fused-ring (bicyclic) bond motifs is 1. The number of primary amides is 1. The normalized spacial score (nSPS) is 10.6. The van der Waals surface area contributed by atoms with Gasteiger partial charge in [0, 0.05) is 16.0 Å². The van der Waals surface area contributed by atoms with Gasteiger partial charge in [0.2, 0.25) is 5.76 Å². The largest absolute Gasteiger partial charge is 0.449 e. The first kappa shape index (κ1) is 14.2. The van der Waals surface area contributed by atoms with E-state index in [0.717, 1.165) is 0 Å². The highest BCUT2D eigenvalue weighted by Crippen LogP contribution is 2.31. The minimum absolute atomic E-state index is 0.0865. The van der Waals surface area contributed by atoms with E-state index >= 15 is 0 Å². The molecule has 1 aromatic heterocycles. The minimum atomic E-state index is -0.752. The Morgan fingerprint density at radius 3 is 2.59 bits per heavy atom. The Bertz CT molecular complexity index is 886. The van der Waals surface area contributed by atoms with Crippen molar-refractivity contribution in [3.63, 3.8) is 0 Å². The van der Waals surface area contributed by atoms with Gasteiger partial charge in [-0.15, -0.1) is 0 Å².